The van der Waals surface area contributed by atoms with Crippen molar-refractivity contribution in [2.75, 3.05) is 62.7 Å². The Bertz CT molecular complexity index is 1740. The molecule has 4 heterocycles. The van der Waals surface area contributed by atoms with Gasteiger partial charge in [-0.3, -0.25) is 9.69 Å². The van der Waals surface area contributed by atoms with Crippen molar-refractivity contribution in [1.29, 1.82) is 5.26 Å². The van der Waals surface area contributed by atoms with Crippen LogP contribution in [0, 0.1) is 23.0 Å². The number of piperazine rings is 1. The van der Waals surface area contributed by atoms with Crippen LogP contribution in [0.1, 0.15) is 30.3 Å². The molecule has 2 saturated heterocycles. The summed E-state index contributed by atoms with van der Waals surface area (Å²) in [5, 5.41) is 11.0. The molecule has 0 radical (unpaired) electrons. The van der Waals surface area contributed by atoms with Crippen LogP contribution < -0.4 is 15.5 Å². The summed E-state index contributed by atoms with van der Waals surface area (Å²) in [6.07, 6.45) is 0. The normalized spacial score (nSPS) is 16.0. The molecule has 0 atom stereocenters. The molecule has 0 bridgehead atoms. The molecular formula is C32H34F2N8OS. The topological polar surface area (TPSA) is 106 Å². The second-order valence-corrected chi connectivity index (χ2v) is 12.7. The van der Waals surface area contributed by atoms with E-state index in [2.05, 4.69) is 20.9 Å². The van der Waals surface area contributed by atoms with Crippen LogP contribution in [0.25, 0.3) is 22.2 Å². The number of rotatable bonds is 7. The summed E-state index contributed by atoms with van der Waals surface area (Å²) < 4.78 is 29.4. The molecule has 12 heteroatoms. The van der Waals surface area contributed by atoms with E-state index in [4.69, 9.17) is 10.7 Å². The fourth-order valence-corrected chi connectivity index (χ4v) is 6.50. The summed E-state index contributed by atoms with van der Waals surface area (Å²) in [6.45, 7) is 8.29. The zero-order valence-corrected chi connectivity index (χ0v) is 25.7. The third kappa shape index (κ3) is 5.83. The first-order chi connectivity index (χ1) is 21.1. The molecule has 2 aliphatic rings. The summed E-state index contributed by atoms with van der Waals surface area (Å²) in [7, 11) is 1.85. The molecule has 2 fully saturated rings. The Balaban J connectivity index is 1.31. The van der Waals surface area contributed by atoms with E-state index in [1.54, 1.807) is 17.0 Å². The third-order valence-electron chi connectivity index (χ3n) is 8.28. The molecule has 0 unspecified atom stereocenters. The van der Waals surface area contributed by atoms with E-state index in [9.17, 15) is 14.4 Å². The highest BCUT2D eigenvalue weighted by molar-refractivity contribution is 7.16. The van der Waals surface area contributed by atoms with Gasteiger partial charge in [0, 0.05) is 74.7 Å². The van der Waals surface area contributed by atoms with Crippen LogP contribution in [0.5, 0.6) is 0 Å². The van der Waals surface area contributed by atoms with Gasteiger partial charge in [0.15, 0.2) is 10.9 Å². The van der Waals surface area contributed by atoms with Crippen molar-refractivity contribution in [3.8, 4) is 17.3 Å². The number of hydrogen-bond donors (Lipinski definition) is 1. The lowest BCUT2D eigenvalue weighted by Crippen LogP contribution is -2.60. The van der Waals surface area contributed by atoms with E-state index >= 15 is 4.39 Å². The van der Waals surface area contributed by atoms with Crippen LogP contribution in [0.4, 0.5) is 25.3 Å². The van der Waals surface area contributed by atoms with Gasteiger partial charge in [0.05, 0.1) is 12.2 Å². The minimum absolute atomic E-state index is 0.0501. The SMILES string of the molecule is CC(C)c1cc(N(C)c2nc(-c3ccc(F)cc3)c(C#N)s2)c2cc(N3CCN(CC(=O)N4CC(N)C4)CC3)cc(F)c2n1. The molecule has 1 amide bonds. The number of benzene rings is 2. The van der Waals surface area contributed by atoms with Gasteiger partial charge in [-0.1, -0.05) is 25.2 Å². The van der Waals surface area contributed by atoms with Crippen molar-refractivity contribution in [2.45, 2.75) is 25.8 Å². The lowest BCUT2D eigenvalue weighted by molar-refractivity contribution is -0.136. The minimum Gasteiger partial charge on any atom is -0.369 e. The van der Waals surface area contributed by atoms with Crippen molar-refractivity contribution in [2.24, 2.45) is 5.73 Å². The van der Waals surface area contributed by atoms with Crippen LogP contribution in [0.3, 0.4) is 0 Å². The highest BCUT2D eigenvalue weighted by atomic mass is 32.1. The molecule has 0 saturated carbocycles. The first-order valence-corrected chi connectivity index (χ1v) is 15.5. The van der Waals surface area contributed by atoms with Crippen molar-refractivity contribution < 1.29 is 13.6 Å². The summed E-state index contributed by atoms with van der Waals surface area (Å²) in [5.74, 6) is -0.630. The van der Waals surface area contributed by atoms with E-state index in [0.29, 0.717) is 72.5 Å². The molecule has 0 aliphatic carbocycles. The molecule has 2 aromatic heterocycles. The Morgan fingerprint density at radius 3 is 2.45 bits per heavy atom. The van der Waals surface area contributed by atoms with Gasteiger partial charge in [0.2, 0.25) is 5.91 Å². The molecule has 0 spiro atoms. The third-order valence-corrected chi connectivity index (χ3v) is 9.32. The average Bonchev–Trinajstić information content (AvgIpc) is 3.44. The van der Waals surface area contributed by atoms with Gasteiger partial charge in [-0.05, 0) is 48.4 Å². The fraction of sp³-hybridized carbons (Fsp3) is 0.375. The maximum Gasteiger partial charge on any atom is 0.236 e. The van der Waals surface area contributed by atoms with Gasteiger partial charge in [0.25, 0.3) is 0 Å². The smallest absolute Gasteiger partial charge is 0.236 e. The van der Waals surface area contributed by atoms with Crippen molar-refractivity contribution in [1.82, 2.24) is 19.8 Å². The van der Waals surface area contributed by atoms with Crippen LogP contribution in [-0.2, 0) is 4.79 Å². The maximum absolute atomic E-state index is 15.8. The molecule has 9 nitrogen and oxygen atoms in total. The quantitative estimate of drug-likeness (QED) is 0.319. The van der Waals surface area contributed by atoms with Crippen molar-refractivity contribution in [3.63, 3.8) is 0 Å². The van der Waals surface area contributed by atoms with Crippen molar-refractivity contribution in [3.05, 3.63) is 64.7 Å². The predicted molar refractivity (Wildman–Crippen MR) is 169 cm³/mol. The highest BCUT2D eigenvalue weighted by Gasteiger charge is 2.30. The van der Waals surface area contributed by atoms with E-state index in [-0.39, 0.29) is 29.2 Å². The average molecular weight is 617 g/mol. The Morgan fingerprint density at radius 2 is 1.82 bits per heavy atom. The molecule has 4 aromatic rings. The second-order valence-electron chi connectivity index (χ2n) is 11.7. The van der Waals surface area contributed by atoms with Crippen LogP contribution in [0.15, 0.2) is 42.5 Å². The summed E-state index contributed by atoms with van der Waals surface area (Å²) in [5.41, 5.74) is 9.42. The second kappa shape index (κ2) is 12.1. The molecule has 6 rings (SSSR count). The van der Waals surface area contributed by atoms with E-state index < -0.39 is 5.82 Å². The monoisotopic (exact) mass is 616 g/mol. The molecule has 44 heavy (non-hydrogen) atoms. The van der Waals surface area contributed by atoms with Gasteiger partial charge in [-0.2, -0.15) is 5.26 Å². The van der Waals surface area contributed by atoms with Gasteiger partial charge >= 0.3 is 0 Å². The molecule has 2 aliphatic heterocycles. The number of hydrogen-bond acceptors (Lipinski definition) is 9. The van der Waals surface area contributed by atoms with Gasteiger partial charge < -0.3 is 20.4 Å². The number of halogens is 2. The Labute approximate surface area is 259 Å². The zero-order chi connectivity index (χ0) is 31.1. The minimum atomic E-state index is -0.412. The number of fused-ring (bicyclic) bond motifs is 1. The number of carbonyl (C=O) groups excluding carboxylic acids is 1. The van der Waals surface area contributed by atoms with E-state index in [0.717, 1.165) is 17.1 Å². The standard InChI is InChI=1S/C32H34F2N8OS/c1-19(2)26-14-27(39(3)32-38-30(28(15-35)44-32)20-4-6-21(33)7-5-20)24-12-23(13-25(34)31(24)37-26)41-10-8-40(9-11-41)18-29(43)42-16-22(36)17-42/h4-7,12-14,19,22H,8-11,16-18,36H2,1-3H3. The number of carbonyl (C=O) groups is 1. The fourth-order valence-electron chi connectivity index (χ4n) is 5.64. The first kappa shape index (κ1) is 29.9. The maximum atomic E-state index is 15.8. The zero-order valence-electron chi connectivity index (χ0n) is 24.9. The largest absolute Gasteiger partial charge is 0.369 e. The predicted octanol–water partition coefficient (Wildman–Crippen LogP) is 4.69. The lowest BCUT2D eigenvalue weighted by Gasteiger charge is -2.40. The van der Waals surface area contributed by atoms with Gasteiger partial charge in [-0.15, -0.1) is 0 Å². The number of pyridine rings is 1. The first-order valence-electron chi connectivity index (χ1n) is 14.7. The Hall–Kier alpha value is -4.18. The summed E-state index contributed by atoms with van der Waals surface area (Å²) in [4.78, 5) is 30.3. The highest BCUT2D eigenvalue weighted by Crippen LogP contribution is 2.40. The van der Waals surface area contributed by atoms with Crippen LogP contribution in [0.2, 0.25) is 0 Å². The number of thiazole rings is 1. The summed E-state index contributed by atoms with van der Waals surface area (Å²) in [6, 6.07) is 13.6. The number of amides is 1. The number of aromatic nitrogens is 2. The number of likely N-dealkylation sites (tertiary alicyclic amines) is 1. The molecule has 2 aromatic carbocycles. The molecular weight excluding hydrogens is 582 g/mol. The number of anilines is 3. The number of nitrogens with zero attached hydrogens (tertiary/aromatic N) is 7. The molecule has 228 valence electrons. The number of nitrogens with two attached hydrogens (primary N) is 1. The van der Waals surface area contributed by atoms with E-state index in [1.165, 1.54) is 29.5 Å². The Kier molecular flexibility index (Phi) is 8.20. The van der Waals surface area contributed by atoms with Crippen LogP contribution >= 0.6 is 11.3 Å². The summed E-state index contributed by atoms with van der Waals surface area (Å²) >= 11 is 1.23. The number of nitriles is 1. The van der Waals surface area contributed by atoms with Crippen LogP contribution in [-0.4, -0.2) is 84.6 Å². The Morgan fingerprint density at radius 1 is 1.11 bits per heavy atom. The van der Waals surface area contributed by atoms with Gasteiger partial charge in [0.1, 0.15) is 28.0 Å². The lowest BCUT2D eigenvalue weighted by atomic mass is 10.0. The van der Waals surface area contributed by atoms with Crippen molar-refractivity contribution >= 4 is 44.7 Å². The molecule has 2 N–H and O–H groups in total. The van der Waals surface area contributed by atoms with Gasteiger partial charge in [-0.25, -0.2) is 18.7 Å². The van der Waals surface area contributed by atoms with E-state index in [1.807, 2.05) is 37.9 Å².